The number of carbonyl (C=O) groups excluding carboxylic acids is 1. The Bertz CT molecular complexity index is 3050. The van der Waals surface area contributed by atoms with Crippen molar-refractivity contribution < 1.29 is 57.8 Å². The van der Waals surface area contributed by atoms with Crippen molar-refractivity contribution in [1.82, 2.24) is 0 Å². The molecule has 21 heteroatoms. The third kappa shape index (κ3) is 5.42. The third-order valence-electron chi connectivity index (χ3n) is 9.60. The fourth-order valence-electron chi connectivity index (χ4n) is 7.10. The summed E-state index contributed by atoms with van der Waals surface area (Å²) in [6, 6.07) is 16.2. The standard InChI is InChI=1S/C35H26N4O13S4/c1-17-23-9-11-29(53(43,44)38(23)25-15-21(55(47,48)49)13-19-5-3-7-27(40)31(19)25)33(17)36-35(42)37-34-18(2)24-10-12-30(34)54(45,46)39(24)26-16-22(56(50,51)52)14-20-6-4-8-28(41)32(20)26/h3-16,40-41H,1-2H3,(H2,36,37,42)(H,47,48,49)(H,50,51,52). The maximum Gasteiger partial charge on any atom is 0.323 e. The SMILES string of the molecule is Cc1c2ccc(c1NC(=O)Nc1c3ccc(c1C)N(c1cc(S(=O)(=O)O)cc4cccc(O)c14)S3(=O)=O)S(=O)(=O)N2c1cc(S(=O)(=O)O)cc2cccc(O)c12. The molecule has 56 heavy (non-hydrogen) atoms. The summed E-state index contributed by atoms with van der Waals surface area (Å²) >= 11 is 0. The first-order valence-corrected chi connectivity index (χ1v) is 21.8. The molecule has 288 valence electrons. The Hall–Kier alpha value is -5.97. The van der Waals surface area contributed by atoms with Crippen molar-refractivity contribution in [3.63, 3.8) is 0 Å². The zero-order valence-electron chi connectivity index (χ0n) is 28.6. The van der Waals surface area contributed by atoms with Gasteiger partial charge in [0.25, 0.3) is 40.3 Å². The maximum atomic E-state index is 14.2. The van der Waals surface area contributed by atoms with Gasteiger partial charge in [0.1, 0.15) is 21.3 Å². The summed E-state index contributed by atoms with van der Waals surface area (Å²) < 4.78 is 127. The van der Waals surface area contributed by atoms with Crippen LogP contribution in [0.3, 0.4) is 0 Å². The van der Waals surface area contributed by atoms with Crippen molar-refractivity contribution >= 4 is 102 Å². The van der Waals surface area contributed by atoms with Gasteiger partial charge < -0.3 is 20.8 Å². The highest BCUT2D eigenvalue weighted by atomic mass is 32.2. The summed E-state index contributed by atoms with van der Waals surface area (Å²) in [4.78, 5) is 11.5. The average Bonchev–Trinajstić information content (AvgIpc) is 3.09. The first-order valence-electron chi connectivity index (χ1n) is 16.0. The zero-order chi connectivity index (χ0) is 40.4. The second-order valence-corrected chi connectivity index (χ2v) is 19.2. The summed E-state index contributed by atoms with van der Waals surface area (Å²) in [6.45, 7) is 2.93. The molecule has 6 N–H and O–H groups in total. The van der Waals surface area contributed by atoms with Crippen molar-refractivity contribution in [3.05, 3.63) is 96.1 Å². The van der Waals surface area contributed by atoms with Gasteiger partial charge in [0.15, 0.2) is 0 Å². The molecule has 4 aliphatic rings. The van der Waals surface area contributed by atoms with E-state index in [1.54, 1.807) is 0 Å². The van der Waals surface area contributed by atoms with E-state index in [1.807, 2.05) is 0 Å². The van der Waals surface area contributed by atoms with Gasteiger partial charge in [0.2, 0.25) is 0 Å². The number of phenols is 2. The fourth-order valence-corrected chi connectivity index (χ4v) is 11.7. The van der Waals surface area contributed by atoms with Gasteiger partial charge in [-0.2, -0.15) is 16.8 Å². The number of nitrogens with zero attached hydrogens (tertiary/aromatic N) is 2. The summed E-state index contributed by atoms with van der Waals surface area (Å²) in [6.07, 6.45) is 0. The minimum atomic E-state index is -4.85. The minimum absolute atomic E-state index is 0.0434. The highest BCUT2D eigenvalue weighted by Gasteiger charge is 2.41. The molecule has 0 saturated heterocycles. The van der Waals surface area contributed by atoms with E-state index < -0.39 is 65.9 Å². The number of hydrogen-bond acceptors (Lipinski definition) is 11. The lowest BCUT2D eigenvalue weighted by molar-refractivity contribution is 0.262. The molecule has 0 radical (unpaired) electrons. The van der Waals surface area contributed by atoms with Crippen molar-refractivity contribution in [1.29, 1.82) is 0 Å². The molecule has 0 aromatic heterocycles. The first kappa shape index (κ1) is 37.0. The number of benzene rings is 6. The lowest BCUT2D eigenvalue weighted by Gasteiger charge is -2.35. The lowest BCUT2D eigenvalue weighted by Crippen LogP contribution is -2.35. The topological polar surface area (TPSA) is 265 Å². The molecule has 0 atom stereocenters. The van der Waals surface area contributed by atoms with Crippen LogP contribution in [0.5, 0.6) is 11.5 Å². The van der Waals surface area contributed by atoms with E-state index in [1.165, 1.54) is 74.5 Å². The number of hydrogen-bond donors (Lipinski definition) is 6. The Morgan fingerprint density at radius 2 is 0.946 bits per heavy atom. The number of anilines is 6. The van der Waals surface area contributed by atoms with Crippen LogP contribution in [0.4, 0.5) is 38.9 Å². The highest BCUT2D eigenvalue weighted by molar-refractivity contribution is 7.94. The molecule has 4 heterocycles. The molecule has 10 rings (SSSR count). The molecule has 0 saturated carbocycles. The summed E-state index contributed by atoms with van der Waals surface area (Å²) in [5, 5.41) is 26.6. The Morgan fingerprint density at radius 3 is 1.30 bits per heavy atom. The van der Waals surface area contributed by atoms with Crippen LogP contribution >= 0.6 is 0 Å². The smallest absolute Gasteiger partial charge is 0.323 e. The number of urea groups is 1. The van der Waals surface area contributed by atoms with Crippen LogP contribution < -0.4 is 19.2 Å². The fraction of sp³-hybridized carbons (Fsp3) is 0.0571. The van der Waals surface area contributed by atoms with E-state index in [9.17, 15) is 57.8 Å². The van der Waals surface area contributed by atoms with Gasteiger partial charge in [-0.1, -0.05) is 24.3 Å². The van der Waals surface area contributed by atoms with Crippen molar-refractivity contribution in [3.8, 4) is 11.5 Å². The summed E-state index contributed by atoms with van der Waals surface area (Å²) in [5.41, 5.74) is -0.740. The molecular weight excluding hydrogens is 813 g/mol. The van der Waals surface area contributed by atoms with Gasteiger partial charge in [0, 0.05) is 10.8 Å². The average molecular weight is 839 g/mol. The van der Waals surface area contributed by atoms with Gasteiger partial charge in [-0.3, -0.25) is 9.11 Å². The lowest BCUT2D eigenvalue weighted by atomic mass is 10.1. The van der Waals surface area contributed by atoms with Crippen LogP contribution in [-0.2, 0) is 40.3 Å². The number of carbonyl (C=O) groups is 1. The van der Waals surface area contributed by atoms with E-state index in [0.717, 1.165) is 32.9 Å². The molecular formula is C35H26N4O13S4. The molecule has 0 unspecified atom stereocenters. The monoisotopic (exact) mass is 838 g/mol. The molecule has 17 nitrogen and oxygen atoms in total. The number of fused-ring (bicyclic) bond motifs is 8. The number of sulfonamides is 2. The minimum Gasteiger partial charge on any atom is -0.507 e. The van der Waals surface area contributed by atoms with Crippen molar-refractivity contribution in [2.45, 2.75) is 33.4 Å². The molecule has 4 bridgehead atoms. The van der Waals surface area contributed by atoms with Crippen LogP contribution in [0.2, 0.25) is 0 Å². The van der Waals surface area contributed by atoms with Crippen LogP contribution in [0.15, 0.2) is 105 Å². The predicted octanol–water partition coefficient (Wildman–Crippen LogP) is 5.84. The van der Waals surface area contributed by atoms with Gasteiger partial charge >= 0.3 is 6.03 Å². The van der Waals surface area contributed by atoms with Gasteiger partial charge in [-0.15, -0.1) is 0 Å². The molecule has 0 spiro atoms. The Balaban J connectivity index is 1.19. The molecule has 6 aromatic carbocycles. The van der Waals surface area contributed by atoms with E-state index in [-0.39, 0.29) is 78.3 Å². The molecule has 6 aromatic rings. The van der Waals surface area contributed by atoms with E-state index in [4.69, 9.17) is 0 Å². The van der Waals surface area contributed by atoms with E-state index in [2.05, 4.69) is 10.6 Å². The number of rotatable bonds is 6. The van der Waals surface area contributed by atoms with Crippen LogP contribution in [0, 0.1) is 13.8 Å². The molecule has 2 amide bonds. The molecule has 0 aliphatic carbocycles. The summed E-state index contributed by atoms with van der Waals surface area (Å²) in [7, 11) is -19.0. The Morgan fingerprint density at radius 1 is 0.571 bits per heavy atom. The predicted molar refractivity (Wildman–Crippen MR) is 205 cm³/mol. The van der Waals surface area contributed by atoms with E-state index >= 15 is 0 Å². The number of amides is 2. The van der Waals surface area contributed by atoms with Gasteiger partial charge in [0.05, 0.1) is 43.9 Å². The van der Waals surface area contributed by atoms with Gasteiger partial charge in [-0.25, -0.2) is 30.2 Å². The first-order chi connectivity index (χ1) is 26.1. The summed E-state index contributed by atoms with van der Waals surface area (Å²) in [5.74, 6) is -0.770. The molecule has 4 aliphatic heterocycles. The normalized spacial score (nSPS) is 15.4. The second-order valence-electron chi connectivity index (χ2n) is 12.9. The van der Waals surface area contributed by atoms with Crippen molar-refractivity contribution in [2.75, 3.05) is 19.2 Å². The Kier molecular flexibility index (Phi) is 7.93. The molecule has 0 fully saturated rings. The number of aromatic hydroxyl groups is 2. The Labute approximate surface area is 318 Å². The zero-order valence-corrected chi connectivity index (χ0v) is 31.8. The van der Waals surface area contributed by atoms with E-state index in [0.29, 0.717) is 0 Å². The van der Waals surface area contributed by atoms with Crippen LogP contribution in [0.25, 0.3) is 21.5 Å². The number of phenolic OH excluding ortho intramolecular Hbond substituents is 2. The number of nitrogens with one attached hydrogen (secondary N) is 2. The van der Waals surface area contributed by atoms with Gasteiger partial charge in [-0.05, 0) is 96.4 Å². The van der Waals surface area contributed by atoms with Crippen LogP contribution in [0.1, 0.15) is 11.1 Å². The third-order valence-corrected chi connectivity index (χ3v) is 14.8. The largest absolute Gasteiger partial charge is 0.507 e. The second kappa shape index (κ2) is 12.0. The maximum absolute atomic E-state index is 14.2. The van der Waals surface area contributed by atoms with Crippen molar-refractivity contribution in [2.24, 2.45) is 0 Å². The van der Waals surface area contributed by atoms with Crippen LogP contribution in [-0.4, -0.2) is 59.0 Å². The highest BCUT2D eigenvalue weighted by Crippen LogP contribution is 2.51. The quantitative estimate of drug-likeness (QED) is 0.108.